The summed E-state index contributed by atoms with van der Waals surface area (Å²) in [7, 11) is 4.22. The second-order valence-electron chi connectivity index (χ2n) is 4.43. The number of aliphatic imine (C=N–C) groups is 1. The summed E-state index contributed by atoms with van der Waals surface area (Å²) in [5.41, 5.74) is 1.36. The number of thiophene rings is 1. The van der Waals surface area contributed by atoms with E-state index in [9.17, 15) is 0 Å². The van der Waals surface area contributed by atoms with Crippen LogP contribution >= 0.6 is 11.3 Å². The van der Waals surface area contributed by atoms with E-state index in [0.717, 1.165) is 32.0 Å². The van der Waals surface area contributed by atoms with E-state index in [1.54, 1.807) is 11.3 Å². The van der Waals surface area contributed by atoms with Crippen LogP contribution < -0.4 is 10.6 Å². The van der Waals surface area contributed by atoms with Gasteiger partial charge in [-0.2, -0.15) is 11.3 Å². The summed E-state index contributed by atoms with van der Waals surface area (Å²) < 4.78 is 0. The van der Waals surface area contributed by atoms with Gasteiger partial charge in [-0.05, 0) is 42.9 Å². The predicted octanol–water partition coefficient (Wildman–Crippen LogP) is 1.29. The first kappa shape index (κ1) is 12.4. The highest BCUT2D eigenvalue weighted by molar-refractivity contribution is 7.07. The zero-order valence-electron chi connectivity index (χ0n) is 10.4. The van der Waals surface area contributed by atoms with Crippen molar-refractivity contribution < 1.29 is 0 Å². The highest BCUT2D eigenvalue weighted by Gasteiger charge is 2.15. The first-order chi connectivity index (χ1) is 8.27. The van der Waals surface area contributed by atoms with E-state index in [-0.39, 0.29) is 0 Å². The van der Waals surface area contributed by atoms with E-state index in [0.29, 0.717) is 6.04 Å². The molecule has 0 amide bonds. The van der Waals surface area contributed by atoms with Gasteiger partial charge in [0.2, 0.25) is 0 Å². The van der Waals surface area contributed by atoms with Gasteiger partial charge in [0, 0.05) is 19.6 Å². The molecule has 0 saturated heterocycles. The molecule has 0 spiro atoms. The first-order valence-corrected chi connectivity index (χ1v) is 6.92. The van der Waals surface area contributed by atoms with Crippen LogP contribution in [0.1, 0.15) is 18.0 Å². The Morgan fingerprint density at radius 1 is 1.59 bits per heavy atom. The lowest BCUT2D eigenvalue weighted by Gasteiger charge is -2.25. The average Bonchev–Trinajstić information content (AvgIpc) is 2.84. The lowest BCUT2D eigenvalue weighted by Crippen LogP contribution is -2.44. The van der Waals surface area contributed by atoms with Gasteiger partial charge in [0.15, 0.2) is 5.96 Å². The third-order valence-electron chi connectivity index (χ3n) is 2.91. The van der Waals surface area contributed by atoms with E-state index in [1.165, 1.54) is 5.56 Å². The van der Waals surface area contributed by atoms with Crippen molar-refractivity contribution >= 4 is 17.3 Å². The summed E-state index contributed by atoms with van der Waals surface area (Å²) in [5, 5.41) is 11.0. The van der Waals surface area contributed by atoms with Gasteiger partial charge in [0.1, 0.15) is 0 Å². The van der Waals surface area contributed by atoms with E-state index >= 15 is 0 Å². The molecule has 0 saturated carbocycles. The number of nitrogens with zero attached hydrogens (tertiary/aromatic N) is 2. The van der Waals surface area contributed by atoms with E-state index in [1.807, 2.05) is 0 Å². The lowest BCUT2D eigenvalue weighted by atomic mass is 10.1. The van der Waals surface area contributed by atoms with Gasteiger partial charge in [-0.15, -0.1) is 0 Å². The summed E-state index contributed by atoms with van der Waals surface area (Å²) in [6.07, 6.45) is 1.13. The van der Waals surface area contributed by atoms with Crippen molar-refractivity contribution in [1.82, 2.24) is 15.5 Å². The first-order valence-electron chi connectivity index (χ1n) is 5.98. The average molecular weight is 252 g/mol. The number of nitrogens with one attached hydrogen (secondary N) is 2. The minimum atomic E-state index is 0.396. The molecule has 0 aliphatic carbocycles. The summed E-state index contributed by atoms with van der Waals surface area (Å²) >= 11 is 1.75. The Balaban J connectivity index is 1.92. The highest BCUT2D eigenvalue weighted by atomic mass is 32.1. The number of hydrogen-bond acceptors (Lipinski definition) is 5. The second-order valence-corrected chi connectivity index (χ2v) is 5.21. The van der Waals surface area contributed by atoms with Crippen LogP contribution in [0.2, 0.25) is 0 Å². The Kier molecular flexibility index (Phi) is 4.39. The van der Waals surface area contributed by atoms with Crippen molar-refractivity contribution in [3.63, 3.8) is 0 Å². The normalized spacial score (nSPS) is 17.5. The Hall–Kier alpha value is -1.07. The molecule has 1 aromatic heterocycles. The van der Waals surface area contributed by atoms with E-state index < -0.39 is 0 Å². The zero-order chi connectivity index (χ0) is 12.1. The molecule has 0 bridgehead atoms. The number of guanidine groups is 1. The summed E-state index contributed by atoms with van der Waals surface area (Å²) in [4.78, 5) is 6.66. The summed E-state index contributed by atoms with van der Waals surface area (Å²) in [5.74, 6) is 0.943. The molecule has 1 atom stereocenters. The van der Waals surface area contributed by atoms with Crippen LogP contribution in [0.3, 0.4) is 0 Å². The molecule has 94 valence electrons. The molecule has 0 fully saturated rings. The SMILES string of the molecule is CN(C)C(CNC1=NCCCN1)c1ccsc1. The smallest absolute Gasteiger partial charge is 0.191 e. The van der Waals surface area contributed by atoms with E-state index in [2.05, 4.69) is 51.4 Å². The van der Waals surface area contributed by atoms with Crippen molar-refractivity contribution in [3.8, 4) is 0 Å². The number of likely N-dealkylation sites (N-methyl/N-ethyl adjacent to an activating group) is 1. The summed E-state index contributed by atoms with van der Waals surface area (Å²) in [6.45, 7) is 2.84. The molecule has 2 N–H and O–H groups in total. The van der Waals surface area contributed by atoms with Crippen LogP contribution in [0, 0.1) is 0 Å². The van der Waals surface area contributed by atoms with Crippen LogP contribution in [-0.4, -0.2) is 44.6 Å². The number of hydrogen-bond donors (Lipinski definition) is 2. The predicted molar refractivity (Wildman–Crippen MR) is 73.7 cm³/mol. The summed E-state index contributed by atoms with van der Waals surface area (Å²) in [6, 6.07) is 2.58. The minimum absolute atomic E-state index is 0.396. The third-order valence-corrected chi connectivity index (χ3v) is 3.61. The molecule has 5 heteroatoms. The topological polar surface area (TPSA) is 39.7 Å². The molecule has 1 unspecified atom stereocenters. The van der Waals surface area contributed by atoms with Gasteiger partial charge >= 0.3 is 0 Å². The molecule has 2 rings (SSSR count). The van der Waals surface area contributed by atoms with Crippen LogP contribution in [0.5, 0.6) is 0 Å². The van der Waals surface area contributed by atoms with Gasteiger partial charge < -0.3 is 15.5 Å². The fraction of sp³-hybridized carbons (Fsp3) is 0.583. The van der Waals surface area contributed by atoms with E-state index in [4.69, 9.17) is 0 Å². The van der Waals surface area contributed by atoms with Gasteiger partial charge in [0.25, 0.3) is 0 Å². The van der Waals surface area contributed by atoms with Crippen molar-refractivity contribution in [2.24, 2.45) is 4.99 Å². The highest BCUT2D eigenvalue weighted by Crippen LogP contribution is 2.19. The second kappa shape index (κ2) is 6.02. The monoisotopic (exact) mass is 252 g/mol. The minimum Gasteiger partial charge on any atom is -0.356 e. The molecule has 1 aliphatic heterocycles. The van der Waals surface area contributed by atoms with Crippen molar-refractivity contribution in [2.45, 2.75) is 12.5 Å². The molecule has 1 aromatic rings. The van der Waals surface area contributed by atoms with Crippen LogP contribution in [0.15, 0.2) is 21.8 Å². The Morgan fingerprint density at radius 3 is 3.06 bits per heavy atom. The van der Waals surface area contributed by atoms with Crippen molar-refractivity contribution in [3.05, 3.63) is 22.4 Å². The maximum absolute atomic E-state index is 4.42. The molecule has 0 aromatic carbocycles. The molecule has 2 heterocycles. The van der Waals surface area contributed by atoms with Crippen LogP contribution in [-0.2, 0) is 0 Å². The van der Waals surface area contributed by atoms with Gasteiger partial charge in [-0.25, -0.2) is 0 Å². The Bertz CT molecular complexity index is 359. The van der Waals surface area contributed by atoms with Gasteiger partial charge in [-0.1, -0.05) is 0 Å². The maximum Gasteiger partial charge on any atom is 0.191 e. The van der Waals surface area contributed by atoms with Crippen molar-refractivity contribution in [1.29, 1.82) is 0 Å². The number of rotatable bonds is 4. The molecule has 4 nitrogen and oxygen atoms in total. The fourth-order valence-corrected chi connectivity index (χ4v) is 2.61. The van der Waals surface area contributed by atoms with Crippen molar-refractivity contribution in [2.75, 3.05) is 33.7 Å². The maximum atomic E-state index is 4.42. The Morgan fingerprint density at radius 2 is 2.47 bits per heavy atom. The molecule has 0 radical (unpaired) electrons. The third kappa shape index (κ3) is 3.44. The quantitative estimate of drug-likeness (QED) is 0.848. The zero-order valence-corrected chi connectivity index (χ0v) is 11.3. The standard InChI is InChI=1S/C12H20N4S/c1-16(2)11(10-4-7-17-9-10)8-15-12-13-5-3-6-14-12/h4,7,9,11H,3,5-6,8H2,1-2H3,(H2,13,14,15). The lowest BCUT2D eigenvalue weighted by molar-refractivity contribution is 0.298. The largest absolute Gasteiger partial charge is 0.356 e. The van der Waals surface area contributed by atoms with Crippen LogP contribution in [0.25, 0.3) is 0 Å². The fourth-order valence-electron chi connectivity index (χ4n) is 1.91. The molecular weight excluding hydrogens is 232 g/mol. The molecule has 1 aliphatic rings. The van der Waals surface area contributed by atoms with Crippen LogP contribution in [0.4, 0.5) is 0 Å². The Labute approximate surface area is 107 Å². The van der Waals surface area contributed by atoms with Gasteiger partial charge in [0.05, 0.1) is 6.04 Å². The van der Waals surface area contributed by atoms with Gasteiger partial charge in [-0.3, -0.25) is 4.99 Å². The molecule has 17 heavy (non-hydrogen) atoms. The molecular formula is C12H20N4S.